The van der Waals surface area contributed by atoms with Gasteiger partial charge < -0.3 is 10.0 Å². The van der Waals surface area contributed by atoms with Crippen LogP contribution in [0, 0.1) is 6.92 Å². The number of benzene rings is 1. The van der Waals surface area contributed by atoms with Gasteiger partial charge in [0.25, 0.3) is 0 Å². The van der Waals surface area contributed by atoms with E-state index in [4.69, 9.17) is 11.6 Å². The van der Waals surface area contributed by atoms with E-state index in [0.29, 0.717) is 0 Å². The molecule has 5 heteroatoms. The maximum absolute atomic E-state index is 9.55. The highest BCUT2D eigenvalue weighted by Crippen LogP contribution is 2.30. The number of rotatable bonds is 4. The highest BCUT2D eigenvalue weighted by molar-refractivity contribution is 6.30. The highest BCUT2D eigenvalue weighted by Gasteiger charge is 2.20. The Morgan fingerprint density at radius 2 is 1.95 bits per heavy atom. The number of aliphatic hydroxyl groups excluding tert-OH is 1. The molecule has 1 aromatic heterocycles. The SMILES string of the molecule is Cc1nn(C)c(N(C)C(C)c2ccc(Cl)cc2)c1CO. The molecule has 0 saturated heterocycles. The fourth-order valence-corrected chi connectivity index (χ4v) is 2.59. The van der Waals surface area contributed by atoms with Crippen molar-refractivity contribution in [3.63, 3.8) is 0 Å². The lowest BCUT2D eigenvalue weighted by Gasteiger charge is -2.28. The molecule has 20 heavy (non-hydrogen) atoms. The van der Waals surface area contributed by atoms with Crippen LogP contribution in [-0.4, -0.2) is 21.9 Å². The molecule has 1 N–H and O–H groups in total. The molecule has 0 fully saturated rings. The first-order valence-electron chi connectivity index (χ1n) is 6.57. The summed E-state index contributed by atoms with van der Waals surface area (Å²) < 4.78 is 1.81. The van der Waals surface area contributed by atoms with Gasteiger partial charge in [0.05, 0.1) is 18.3 Å². The van der Waals surface area contributed by atoms with Crippen LogP contribution in [0.25, 0.3) is 0 Å². The Bertz CT molecular complexity index is 592. The predicted molar refractivity (Wildman–Crippen MR) is 82.1 cm³/mol. The van der Waals surface area contributed by atoms with E-state index >= 15 is 0 Å². The largest absolute Gasteiger partial charge is 0.391 e. The summed E-state index contributed by atoms with van der Waals surface area (Å²) in [5.74, 6) is 0.937. The summed E-state index contributed by atoms with van der Waals surface area (Å²) in [5.41, 5.74) is 2.90. The number of halogens is 1. The molecular weight excluding hydrogens is 274 g/mol. The van der Waals surface area contributed by atoms with Crippen LogP contribution in [0.3, 0.4) is 0 Å². The quantitative estimate of drug-likeness (QED) is 0.942. The number of anilines is 1. The molecule has 1 atom stereocenters. The first-order chi connectivity index (χ1) is 9.45. The molecule has 0 bridgehead atoms. The van der Waals surface area contributed by atoms with Crippen LogP contribution in [0.5, 0.6) is 0 Å². The van der Waals surface area contributed by atoms with Crippen molar-refractivity contribution in [3.8, 4) is 0 Å². The number of aryl methyl sites for hydroxylation is 2. The minimum absolute atomic E-state index is 0.00726. The van der Waals surface area contributed by atoms with E-state index in [2.05, 4.69) is 16.9 Å². The number of aliphatic hydroxyl groups is 1. The molecule has 0 radical (unpaired) electrons. The van der Waals surface area contributed by atoms with Crippen molar-refractivity contribution in [2.24, 2.45) is 7.05 Å². The van der Waals surface area contributed by atoms with E-state index in [1.165, 1.54) is 5.56 Å². The fraction of sp³-hybridized carbons (Fsp3) is 0.400. The van der Waals surface area contributed by atoms with Gasteiger partial charge in [-0.15, -0.1) is 0 Å². The Morgan fingerprint density at radius 3 is 2.50 bits per heavy atom. The maximum Gasteiger partial charge on any atom is 0.132 e. The third-order valence-electron chi connectivity index (χ3n) is 3.74. The second kappa shape index (κ2) is 5.85. The minimum atomic E-state index is -0.00726. The number of aromatic nitrogens is 2. The van der Waals surface area contributed by atoms with Gasteiger partial charge >= 0.3 is 0 Å². The van der Waals surface area contributed by atoms with Gasteiger partial charge in [0.1, 0.15) is 5.82 Å². The van der Waals surface area contributed by atoms with Crippen LogP contribution in [-0.2, 0) is 13.7 Å². The van der Waals surface area contributed by atoms with E-state index < -0.39 is 0 Å². The second-order valence-corrected chi connectivity index (χ2v) is 5.44. The molecule has 0 amide bonds. The van der Waals surface area contributed by atoms with E-state index in [9.17, 15) is 5.11 Å². The third-order valence-corrected chi connectivity index (χ3v) is 3.99. The monoisotopic (exact) mass is 293 g/mol. The lowest BCUT2D eigenvalue weighted by Crippen LogP contribution is -2.25. The average molecular weight is 294 g/mol. The third kappa shape index (κ3) is 2.67. The lowest BCUT2D eigenvalue weighted by molar-refractivity contribution is 0.281. The Kier molecular flexibility index (Phi) is 4.35. The average Bonchev–Trinajstić information content (AvgIpc) is 2.72. The summed E-state index contributed by atoms with van der Waals surface area (Å²) >= 11 is 5.93. The molecular formula is C15H20ClN3O. The normalized spacial score (nSPS) is 12.5. The summed E-state index contributed by atoms with van der Waals surface area (Å²) in [7, 11) is 3.90. The van der Waals surface area contributed by atoms with Crippen LogP contribution < -0.4 is 4.90 Å². The molecule has 0 saturated carbocycles. The van der Waals surface area contributed by atoms with Gasteiger partial charge in [0.15, 0.2) is 0 Å². The van der Waals surface area contributed by atoms with Crippen molar-refractivity contribution in [1.82, 2.24) is 9.78 Å². The number of hydrogen-bond donors (Lipinski definition) is 1. The summed E-state index contributed by atoms with van der Waals surface area (Å²) in [6.45, 7) is 4.02. The Hall–Kier alpha value is -1.52. The first kappa shape index (κ1) is 14.9. The van der Waals surface area contributed by atoms with E-state index in [-0.39, 0.29) is 12.6 Å². The topological polar surface area (TPSA) is 41.3 Å². The Balaban J connectivity index is 2.35. The number of hydrogen-bond acceptors (Lipinski definition) is 3. The Morgan fingerprint density at radius 1 is 1.35 bits per heavy atom. The highest BCUT2D eigenvalue weighted by atomic mass is 35.5. The Labute approximate surface area is 124 Å². The van der Waals surface area contributed by atoms with Crippen molar-refractivity contribution in [2.75, 3.05) is 11.9 Å². The van der Waals surface area contributed by atoms with Gasteiger partial charge in [-0.05, 0) is 31.5 Å². The van der Waals surface area contributed by atoms with Gasteiger partial charge in [-0.25, -0.2) is 0 Å². The van der Waals surface area contributed by atoms with Crippen LogP contribution in [0.1, 0.15) is 29.8 Å². The second-order valence-electron chi connectivity index (χ2n) is 5.01. The molecule has 0 spiro atoms. The number of nitrogens with zero attached hydrogens (tertiary/aromatic N) is 3. The fourth-order valence-electron chi connectivity index (χ4n) is 2.46. The van der Waals surface area contributed by atoms with Crippen molar-refractivity contribution < 1.29 is 5.11 Å². The van der Waals surface area contributed by atoms with Crippen molar-refractivity contribution in [2.45, 2.75) is 26.5 Å². The van der Waals surface area contributed by atoms with Crippen LogP contribution >= 0.6 is 11.6 Å². The summed E-state index contributed by atoms with van der Waals surface area (Å²) in [6, 6.07) is 7.98. The molecule has 0 aliphatic heterocycles. The zero-order chi connectivity index (χ0) is 14.9. The molecule has 4 nitrogen and oxygen atoms in total. The van der Waals surface area contributed by atoms with Crippen LogP contribution in [0.15, 0.2) is 24.3 Å². The standard InChI is InChI=1S/C15H20ClN3O/c1-10-14(9-20)15(19(4)17-10)18(3)11(2)12-5-7-13(16)8-6-12/h5-8,11,20H,9H2,1-4H3. The summed E-state index contributed by atoms with van der Waals surface area (Å²) in [5, 5.41) is 14.7. The van der Waals surface area contributed by atoms with Crippen molar-refractivity contribution in [3.05, 3.63) is 46.1 Å². The molecule has 1 unspecified atom stereocenters. The predicted octanol–water partition coefficient (Wildman–Crippen LogP) is 3.07. The van der Waals surface area contributed by atoms with Gasteiger partial charge in [0.2, 0.25) is 0 Å². The molecule has 1 aromatic carbocycles. The van der Waals surface area contributed by atoms with Gasteiger partial charge in [0, 0.05) is 24.7 Å². The van der Waals surface area contributed by atoms with E-state index in [0.717, 1.165) is 22.1 Å². The van der Waals surface area contributed by atoms with Gasteiger partial charge in [-0.3, -0.25) is 4.68 Å². The van der Waals surface area contributed by atoms with E-state index in [1.54, 1.807) is 0 Å². The van der Waals surface area contributed by atoms with Crippen molar-refractivity contribution >= 4 is 17.4 Å². The minimum Gasteiger partial charge on any atom is -0.391 e. The maximum atomic E-state index is 9.55. The molecule has 0 aliphatic carbocycles. The summed E-state index contributed by atoms with van der Waals surface area (Å²) in [6.07, 6.45) is 0. The zero-order valence-electron chi connectivity index (χ0n) is 12.3. The lowest BCUT2D eigenvalue weighted by atomic mass is 10.1. The van der Waals surface area contributed by atoms with E-state index in [1.807, 2.05) is 50.0 Å². The smallest absolute Gasteiger partial charge is 0.132 e. The molecule has 2 aromatic rings. The van der Waals surface area contributed by atoms with Gasteiger partial charge in [-0.2, -0.15) is 5.10 Å². The molecule has 2 rings (SSSR count). The van der Waals surface area contributed by atoms with Gasteiger partial charge in [-0.1, -0.05) is 23.7 Å². The van der Waals surface area contributed by atoms with Crippen LogP contribution in [0.4, 0.5) is 5.82 Å². The zero-order valence-corrected chi connectivity index (χ0v) is 13.0. The molecule has 1 heterocycles. The first-order valence-corrected chi connectivity index (χ1v) is 6.95. The van der Waals surface area contributed by atoms with Crippen molar-refractivity contribution in [1.29, 1.82) is 0 Å². The summed E-state index contributed by atoms with van der Waals surface area (Å²) in [4.78, 5) is 2.12. The molecule has 0 aliphatic rings. The van der Waals surface area contributed by atoms with Crippen LogP contribution in [0.2, 0.25) is 5.02 Å². The molecule has 108 valence electrons.